The Labute approximate surface area is 635 Å². The van der Waals surface area contributed by atoms with Gasteiger partial charge in [-0.05, 0) is 70.6 Å². The Morgan fingerprint density at radius 1 is 0.352 bits per heavy atom. The molecule has 3 aliphatic heterocycles. The monoisotopic (exact) mass is 1490 g/mol. The number of carbonyl (C=O) groups excluding carboxylic acids is 1. The van der Waals surface area contributed by atoms with Crippen molar-refractivity contribution in [1.29, 1.82) is 0 Å². The third kappa shape index (κ3) is 45.2. The van der Waals surface area contributed by atoms with Gasteiger partial charge in [-0.1, -0.05) is 330 Å². The van der Waals surface area contributed by atoms with Gasteiger partial charge in [-0.25, -0.2) is 0 Å². The van der Waals surface area contributed by atoms with Crippen molar-refractivity contribution in [2.24, 2.45) is 0 Å². The molecule has 19 heteroatoms. The lowest BCUT2D eigenvalue weighted by Crippen LogP contribution is -2.66. The van der Waals surface area contributed by atoms with Crippen molar-refractivity contribution in [3.8, 4) is 0 Å². The van der Waals surface area contributed by atoms with Crippen LogP contribution in [0, 0.1) is 0 Å². The molecule has 3 saturated heterocycles. The Bertz CT molecular complexity index is 2230. The summed E-state index contributed by atoms with van der Waals surface area (Å²) in [5.74, 6) is -0.275. The first-order valence-electron chi connectivity index (χ1n) is 42.3. The minimum absolute atomic E-state index is 0.240. The molecule has 3 heterocycles. The van der Waals surface area contributed by atoms with Crippen LogP contribution in [0.25, 0.3) is 0 Å². The second-order valence-corrected chi connectivity index (χ2v) is 29.9. The number of aliphatic hydroxyl groups excluding tert-OH is 11. The van der Waals surface area contributed by atoms with E-state index in [0.29, 0.717) is 6.42 Å². The molecule has 3 aliphatic rings. The van der Waals surface area contributed by atoms with E-state index < -0.39 is 124 Å². The molecular weight excluding hydrogens is 1330 g/mol. The van der Waals surface area contributed by atoms with Crippen LogP contribution in [0.3, 0.4) is 0 Å². The van der Waals surface area contributed by atoms with Crippen LogP contribution < -0.4 is 5.32 Å². The van der Waals surface area contributed by atoms with Gasteiger partial charge in [0.25, 0.3) is 0 Å². The third-order valence-electron chi connectivity index (χ3n) is 20.7. The molecule has 0 aromatic rings. The van der Waals surface area contributed by atoms with Crippen molar-refractivity contribution >= 4 is 5.91 Å². The number of hydrogen-bond acceptors (Lipinski definition) is 18. The Morgan fingerprint density at radius 3 is 1.03 bits per heavy atom. The molecule has 17 unspecified atom stereocenters. The summed E-state index contributed by atoms with van der Waals surface area (Å²) in [6.07, 6.45) is 61.4. The van der Waals surface area contributed by atoms with Gasteiger partial charge in [-0.15, -0.1) is 0 Å². The molecule has 12 N–H and O–H groups in total. The maximum atomic E-state index is 13.5. The second kappa shape index (κ2) is 65.7. The van der Waals surface area contributed by atoms with Crippen molar-refractivity contribution in [1.82, 2.24) is 5.32 Å². The van der Waals surface area contributed by atoms with E-state index >= 15 is 0 Å². The van der Waals surface area contributed by atoms with Crippen LogP contribution in [0.2, 0.25) is 0 Å². The molecule has 19 nitrogen and oxygen atoms in total. The highest BCUT2D eigenvalue weighted by atomic mass is 16.8. The Balaban J connectivity index is 1.36. The van der Waals surface area contributed by atoms with Gasteiger partial charge in [0.15, 0.2) is 18.9 Å². The van der Waals surface area contributed by atoms with Crippen molar-refractivity contribution in [2.75, 3.05) is 26.4 Å². The zero-order chi connectivity index (χ0) is 76.0. The highest BCUT2D eigenvalue weighted by Gasteiger charge is 2.54. The minimum Gasteiger partial charge on any atom is -0.394 e. The molecule has 0 radical (unpaired) electrons. The lowest BCUT2D eigenvalue weighted by molar-refractivity contribution is -0.379. The van der Waals surface area contributed by atoms with E-state index in [2.05, 4.69) is 92.1 Å². The number of amides is 1. The van der Waals surface area contributed by atoms with E-state index in [0.717, 1.165) is 89.9 Å². The molecule has 0 saturated carbocycles. The Kier molecular flexibility index (Phi) is 60.1. The fourth-order valence-electron chi connectivity index (χ4n) is 14.0. The molecule has 3 fully saturated rings. The summed E-state index contributed by atoms with van der Waals surface area (Å²) in [5, 5.41) is 121. The number of ether oxygens (including phenoxy) is 6. The first kappa shape index (κ1) is 96.2. The van der Waals surface area contributed by atoms with Gasteiger partial charge in [-0.3, -0.25) is 4.79 Å². The summed E-state index contributed by atoms with van der Waals surface area (Å²) in [6.45, 7) is 1.66. The number of nitrogens with one attached hydrogen (secondary N) is 1. The maximum Gasteiger partial charge on any atom is 0.220 e. The van der Waals surface area contributed by atoms with E-state index in [1.807, 2.05) is 6.08 Å². The van der Waals surface area contributed by atoms with Crippen LogP contribution in [0.1, 0.15) is 322 Å². The number of hydrogen-bond donors (Lipinski definition) is 12. The molecule has 0 aromatic carbocycles. The number of rotatable bonds is 67. The highest BCUT2D eigenvalue weighted by molar-refractivity contribution is 5.76. The molecular formula is C86H153NO18. The summed E-state index contributed by atoms with van der Waals surface area (Å²) >= 11 is 0. The van der Waals surface area contributed by atoms with Gasteiger partial charge in [0, 0.05) is 6.42 Å². The van der Waals surface area contributed by atoms with Gasteiger partial charge in [-0.2, -0.15) is 0 Å². The molecule has 17 atom stereocenters. The van der Waals surface area contributed by atoms with Gasteiger partial charge in [0.1, 0.15) is 73.2 Å². The van der Waals surface area contributed by atoms with Crippen LogP contribution in [0.15, 0.2) is 85.1 Å². The third-order valence-corrected chi connectivity index (χ3v) is 20.7. The van der Waals surface area contributed by atoms with Crippen molar-refractivity contribution in [3.05, 3.63) is 85.1 Å². The molecule has 1 amide bonds. The van der Waals surface area contributed by atoms with E-state index in [1.165, 1.54) is 205 Å². The average molecular weight is 1490 g/mol. The lowest BCUT2D eigenvalue weighted by atomic mass is 9.96. The molecule has 0 spiro atoms. The van der Waals surface area contributed by atoms with Crippen LogP contribution in [-0.2, 0) is 33.2 Å². The number of allylic oxidation sites excluding steroid dienone is 13. The number of unbranched alkanes of at least 4 members (excludes halogenated alkanes) is 39. The Hall–Kier alpha value is -3.03. The molecule has 0 bridgehead atoms. The molecule has 0 aliphatic carbocycles. The summed E-state index contributed by atoms with van der Waals surface area (Å²) in [6, 6.07) is -0.979. The lowest BCUT2D eigenvalue weighted by Gasteiger charge is -2.48. The van der Waals surface area contributed by atoms with Crippen molar-refractivity contribution < 1.29 is 89.4 Å². The summed E-state index contributed by atoms with van der Waals surface area (Å²) in [4.78, 5) is 13.5. The molecule has 610 valence electrons. The van der Waals surface area contributed by atoms with Gasteiger partial charge < -0.3 is 89.9 Å². The van der Waals surface area contributed by atoms with E-state index in [1.54, 1.807) is 6.08 Å². The number of carbonyl (C=O) groups is 1. The van der Waals surface area contributed by atoms with Crippen molar-refractivity contribution in [3.63, 3.8) is 0 Å². The van der Waals surface area contributed by atoms with Crippen molar-refractivity contribution in [2.45, 2.75) is 426 Å². The fourth-order valence-corrected chi connectivity index (χ4v) is 14.0. The zero-order valence-electron chi connectivity index (χ0n) is 65.4. The summed E-state index contributed by atoms with van der Waals surface area (Å²) < 4.78 is 34.5. The first-order chi connectivity index (χ1) is 51.3. The maximum absolute atomic E-state index is 13.5. The average Bonchev–Trinajstić information content (AvgIpc) is 0.780. The topological polar surface area (TPSA) is 307 Å². The smallest absolute Gasteiger partial charge is 0.220 e. The predicted molar refractivity (Wildman–Crippen MR) is 420 cm³/mol. The van der Waals surface area contributed by atoms with Gasteiger partial charge >= 0.3 is 0 Å². The van der Waals surface area contributed by atoms with Crippen LogP contribution >= 0.6 is 0 Å². The van der Waals surface area contributed by atoms with E-state index in [-0.39, 0.29) is 18.9 Å². The molecule has 0 aromatic heterocycles. The van der Waals surface area contributed by atoms with E-state index in [9.17, 15) is 61.0 Å². The molecule has 3 rings (SSSR count). The largest absolute Gasteiger partial charge is 0.394 e. The minimum atomic E-state index is -1.98. The summed E-state index contributed by atoms with van der Waals surface area (Å²) in [5.41, 5.74) is 0. The second-order valence-electron chi connectivity index (χ2n) is 29.9. The van der Waals surface area contributed by atoms with Crippen LogP contribution in [-0.4, -0.2) is 193 Å². The quantitative estimate of drug-likeness (QED) is 0.0199. The highest BCUT2D eigenvalue weighted by Crippen LogP contribution is 2.33. The predicted octanol–water partition coefficient (Wildman–Crippen LogP) is 15.0. The number of aliphatic hydroxyl groups is 11. The van der Waals surface area contributed by atoms with Gasteiger partial charge in [0.05, 0.1) is 38.6 Å². The standard InChI is InChI=1S/C86H153NO18/c1-3-5-7-9-11-13-15-17-19-21-23-25-27-29-31-32-33-34-35-36-38-40-42-44-46-48-50-52-54-56-58-60-62-64-74(92)87-69(70(91)63-61-59-57-55-53-51-49-47-45-43-41-39-37-30-28-26-24-22-20-18-16-14-12-10-8-6-4-2)68-100-84-80(98)77(95)82(72(66-89)102-84)105-86-81(99)78(96)83(73(67-90)103-86)104-85-79(97)76(94)75(93)71(65-88)101-85/h5,7,11,13,17,19,23,25,29,31,33-34,61,63,69-73,75-86,88-91,93-99H,3-4,6,8-10,12,14-16,18,20-22,24,26-28,30,32,35-60,62,64-68H2,1-2H3,(H,87,92)/b7-5-,13-11-,19-17-,25-23-,31-29-,34-33-,63-61+. The van der Waals surface area contributed by atoms with E-state index in [4.69, 9.17) is 28.4 Å². The normalized spacial score (nSPS) is 26.2. The summed E-state index contributed by atoms with van der Waals surface area (Å²) in [7, 11) is 0. The zero-order valence-corrected chi connectivity index (χ0v) is 65.4. The van der Waals surface area contributed by atoms with Gasteiger partial charge in [0.2, 0.25) is 5.91 Å². The Morgan fingerprint density at radius 2 is 0.657 bits per heavy atom. The van der Waals surface area contributed by atoms with Crippen LogP contribution in [0.5, 0.6) is 0 Å². The molecule has 105 heavy (non-hydrogen) atoms. The SMILES string of the molecule is CC/C=C\C/C=C\C/C=C\C/C=C\C/C=C\C/C=C\CCCCCCCCCCCCCCCCC(=O)NC(COC1OC(CO)C(OC2OC(CO)C(OC3OC(CO)C(O)C(O)C3O)C(O)C2O)C(O)C1O)C(O)/C=C/CCCCCCCCCCCCCCCCCCCCCCCCCCC. The fraction of sp³-hybridized carbons (Fsp3) is 0.826. The first-order valence-corrected chi connectivity index (χ1v) is 42.3. The van der Waals surface area contributed by atoms with Crippen LogP contribution in [0.4, 0.5) is 0 Å².